The summed E-state index contributed by atoms with van der Waals surface area (Å²) in [6, 6.07) is 15.6. The first-order chi connectivity index (χ1) is 18.4. The lowest BCUT2D eigenvalue weighted by Gasteiger charge is -2.13. The van der Waals surface area contributed by atoms with E-state index in [0.29, 0.717) is 45.8 Å². The Morgan fingerprint density at radius 3 is 2.39 bits per heavy atom. The molecule has 0 aliphatic heterocycles. The molecule has 8 heteroatoms. The monoisotopic (exact) mass is 511 g/mol. The van der Waals surface area contributed by atoms with Crippen molar-refractivity contribution in [3.8, 4) is 34.1 Å². The van der Waals surface area contributed by atoms with Gasteiger partial charge in [-0.1, -0.05) is 24.3 Å². The van der Waals surface area contributed by atoms with Gasteiger partial charge in [0.15, 0.2) is 23.1 Å². The molecule has 2 aromatic heterocycles. The van der Waals surface area contributed by atoms with E-state index < -0.39 is 5.82 Å². The molecule has 5 rings (SSSR count). The standard InChI is InChI=1S/C30H26FN3O4/c1-18-5-6-20(11-19(18)2)16-34-17-32-15-23(30(34)35)21-7-8-27(24(31)12-21)38-26-9-10-33-25-14-29(37-4)28(36-3)13-22(25)26/h5-15,17H,16H2,1-4H3. The summed E-state index contributed by atoms with van der Waals surface area (Å²) in [5.41, 5.74) is 4.38. The van der Waals surface area contributed by atoms with Gasteiger partial charge in [0.05, 0.1) is 38.2 Å². The SMILES string of the molecule is COc1cc2nccc(Oc3ccc(-c4cncn(Cc5ccc(C)c(C)c5)c4=O)cc3F)c2cc1OC. The van der Waals surface area contributed by atoms with Crippen molar-refractivity contribution in [1.29, 1.82) is 0 Å². The summed E-state index contributed by atoms with van der Waals surface area (Å²) in [4.78, 5) is 21.8. The minimum Gasteiger partial charge on any atom is -0.493 e. The number of pyridine rings is 1. The highest BCUT2D eigenvalue weighted by Crippen LogP contribution is 2.37. The summed E-state index contributed by atoms with van der Waals surface area (Å²) in [6.07, 6.45) is 4.51. The summed E-state index contributed by atoms with van der Waals surface area (Å²) in [6.45, 7) is 4.44. The average molecular weight is 512 g/mol. The van der Waals surface area contributed by atoms with Crippen molar-refractivity contribution in [2.24, 2.45) is 0 Å². The van der Waals surface area contributed by atoms with Gasteiger partial charge in [-0.15, -0.1) is 0 Å². The Kier molecular flexibility index (Phi) is 6.79. The fraction of sp³-hybridized carbons (Fsp3) is 0.167. The topological polar surface area (TPSA) is 75.5 Å². The first kappa shape index (κ1) is 25.0. The van der Waals surface area contributed by atoms with Gasteiger partial charge in [-0.3, -0.25) is 14.3 Å². The number of ether oxygens (including phenoxy) is 3. The molecule has 0 atom stereocenters. The van der Waals surface area contributed by atoms with Crippen LogP contribution in [0.25, 0.3) is 22.0 Å². The summed E-state index contributed by atoms with van der Waals surface area (Å²) in [5.74, 6) is 0.828. The number of hydrogen-bond donors (Lipinski definition) is 0. The molecule has 0 aliphatic carbocycles. The van der Waals surface area contributed by atoms with Gasteiger partial charge < -0.3 is 14.2 Å². The van der Waals surface area contributed by atoms with Gasteiger partial charge in [0, 0.05) is 23.8 Å². The van der Waals surface area contributed by atoms with Crippen LogP contribution in [0, 0.1) is 19.7 Å². The van der Waals surface area contributed by atoms with Crippen LogP contribution in [0.2, 0.25) is 0 Å². The number of aryl methyl sites for hydroxylation is 2. The normalized spacial score (nSPS) is 11.0. The maximum absolute atomic E-state index is 15.2. The third-order valence-corrected chi connectivity index (χ3v) is 6.49. The molecule has 0 unspecified atom stereocenters. The van der Waals surface area contributed by atoms with Crippen molar-refractivity contribution >= 4 is 10.9 Å². The molecule has 2 heterocycles. The number of aromatic nitrogens is 3. The number of nitrogens with zero attached hydrogens (tertiary/aromatic N) is 3. The van der Waals surface area contributed by atoms with E-state index in [1.807, 2.05) is 26.0 Å². The van der Waals surface area contributed by atoms with Crippen molar-refractivity contribution in [2.75, 3.05) is 14.2 Å². The Morgan fingerprint density at radius 2 is 1.66 bits per heavy atom. The van der Waals surface area contributed by atoms with Gasteiger partial charge in [-0.25, -0.2) is 9.37 Å². The average Bonchev–Trinajstić information content (AvgIpc) is 2.92. The maximum Gasteiger partial charge on any atom is 0.261 e. The molecular weight excluding hydrogens is 485 g/mol. The number of hydrogen-bond acceptors (Lipinski definition) is 6. The summed E-state index contributed by atoms with van der Waals surface area (Å²) >= 11 is 0. The Hall–Kier alpha value is -4.72. The second-order valence-corrected chi connectivity index (χ2v) is 8.94. The van der Waals surface area contributed by atoms with E-state index in [4.69, 9.17) is 14.2 Å². The van der Waals surface area contributed by atoms with Crippen LogP contribution in [0.4, 0.5) is 4.39 Å². The smallest absolute Gasteiger partial charge is 0.261 e. The number of rotatable bonds is 7. The third-order valence-electron chi connectivity index (χ3n) is 6.49. The lowest BCUT2D eigenvalue weighted by Crippen LogP contribution is -2.22. The van der Waals surface area contributed by atoms with Gasteiger partial charge in [0.1, 0.15) is 5.75 Å². The first-order valence-corrected chi connectivity index (χ1v) is 12.0. The zero-order valence-electron chi connectivity index (χ0n) is 21.5. The molecule has 7 nitrogen and oxygen atoms in total. The molecule has 0 saturated carbocycles. The Morgan fingerprint density at radius 1 is 0.868 bits per heavy atom. The van der Waals surface area contributed by atoms with Gasteiger partial charge in [0.2, 0.25) is 0 Å². The van der Waals surface area contributed by atoms with Crippen LogP contribution in [0.3, 0.4) is 0 Å². The van der Waals surface area contributed by atoms with E-state index in [2.05, 4.69) is 16.0 Å². The Balaban J connectivity index is 1.45. The van der Waals surface area contributed by atoms with E-state index in [-0.39, 0.29) is 11.3 Å². The lowest BCUT2D eigenvalue weighted by molar-refractivity contribution is 0.355. The largest absolute Gasteiger partial charge is 0.493 e. The van der Waals surface area contributed by atoms with Crippen molar-refractivity contribution in [3.63, 3.8) is 0 Å². The van der Waals surface area contributed by atoms with E-state index >= 15 is 4.39 Å². The zero-order valence-corrected chi connectivity index (χ0v) is 21.5. The second-order valence-electron chi connectivity index (χ2n) is 8.94. The number of fused-ring (bicyclic) bond motifs is 1. The van der Waals surface area contributed by atoms with Gasteiger partial charge in [-0.2, -0.15) is 0 Å². The summed E-state index contributed by atoms with van der Waals surface area (Å²) in [5, 5.41) is 0.634. The molecule has 0 radical (unpaired) electrons. The molecule has 0 saturated heterocycles. The summed E-state index contributed by atoms with van der Waals surface area (Å²) < 4.78 is 33.4. The van der Waals surface area contributed by atoms with Crippen LogP contribution in [-0.2, 0) is 6.54 Å². The minimum absolute atomic E-state index is 0.00961. The first-order valence-electron chi connectivity index (χ1n) is 12.0. The molecule has 0 N–H and O–H groups in total. The molecule has 0 spiro atoms. The van der Waals surface area contributed by atoms with E-state index in [9.17, 15) is 4.79 Å². The van der Waals surface area contributed by atoms with E-state index in [0.717, 1.165) is 11.1 Å². The molecule has 3 aromatic carbocycles. The minimum atomic E-state index is -0.614. The third kappa shape index (κ3) is 4.80. The fourth-order valence-electron chi connectivity index (χ4n) is 4.27. The van der Waals surface area contributed by atoms with Gasteiger partial charge >= 0.3 is 0 Å². The Bertz CT molecular complexity index is 1710. The van der Waals surface area contributed by atoms with Crippen molar-refractivity contribution in [2.45, 2.75) is 20.4 Å². The molecule has 0 bridgehead atoms. The molecule has 0 amide bonds. The number of benzene rings is 3. The van der Waals surface area contributed by atoms with Crippen LogP contribution < -0.4 is 19.8 Å². The summed E-state index contributed by atoms with van der Waals surface area (Å²) in [7, 11) is 3.08. The van der Waals surface area contributed by atoms with Crippen LogP contribution in [0.15, 0.2) is 78.1 Å². The van der Waals surface area contributed by atoms with Crippen molar-refractivity contribution in [3.05, 3.63) is 106 Å². The molecule has 192 valence electrons. The maximum atomic E-state index is 15.2. The van der Waals surface area contributed by atoms with Crippen molar-refractivity contribution in [1.82, 2.24) is 14.5 Å². The molecule has 5 aromatic rings. The van der Waals surface area contributed by atoms with Gasteiger partial charge in [-0.05, 0) is 60.4 Å². The predicted octanol–water partition coefficient (Wildman–Crippen LogP) is 6.07. The van der Waals surface area contributed by atoms with Crippen LogP contribution >= 0.6 is 0 Å². The molecule has 0 fully saturated rings. The predicted molar refractivity (Wildman–Crippen MR) is 144 cm³/mol. The highest BCUT2D eigenvalue weighted by Gasteiger charge is 2.15. The molecule has 38 heavy (non-hydrogen) atoms. The zero-order chi connectivity index (χ0) is 26.8. The lowest BCUT2D eigenvalue weighted by atomic mass is 10.1. The van der Waals surface area contributed by atoms with Gasteiger partial charge in [0.25, 0.3) is 5.56 Å². The van der Waals surface area contributed by atoms with Crippen LogP contribution in [0.5, 0.6) is 23.0 Å². The molecule has 0 aliphatic rings. The second kappa shape index (κ2) is 10.3. The van der Waals surface area contributed by atoms with Crippen molar-refractivity contribution < 1.29 is 18.6 Å². The van der Waals surface area contributed by atoms with Crippen LogP contribution in [-0.4, -0.2) is 28.8 Å². The molecular formula is C30H26FN3O4. The Labute approximate surface area is 219 Å². The fourth-order valence-corrected chi connectivity index (χ4v) is 4.27. The number of halogens is 1. The van der Waals surface area contributed by atoms with E-state index in [1.54, 1.807) is 37.6 Å². The number of methoxy groups -OCH3 is 2. The highest BCUT2D eigenvalue weighted by atomic mass is 19.1. The highest BCUT2D eigenvalue weighted by molar-refractivity contribution is 5.88. The quantitative estimate of drug-likeness (QED) is 0.264. The van der Waals surface area contributed by atoms with E-state index in [1.165, 1.54) is 41.9 Å². The van der Waals surface area contributed by atoms with Crippen LogP contribution in [0.1, 0.15) is 16.7 Å².